The van der Waals surface area contributed by atoms with Crippen molar-refractivity contribution < 1.29 is 80.2 Å². The second-order valence-corrected chi connectivity index (χ2v) is 29.5. The first kappa shape index (κ1) is 99.2. The molecule has 19 heteroatoms. The van der Waals surface area contributed by atoms with Crippen molar-refractivity contribution in [3.8, 4) is 0 Å². The Morgan fingerprint density at radius 3 is 0.846 bits per heavy atom. The molecule has 17 nitrogen and oxygen atoms in total. The molecule has 0 bridgehead atoms. The third-order valence-corrected chi connectivity index (χ3v) is 18.6. The molecule has 0 spiro atoms. The van der Waals surface area contributed by atoms with E-state index in [9.17, 15) is 43.2 Å². The molecular formula is C85H144O17P2. The Bertz CT molecular complexity index is 2490. The minimum atomic E-state index is -5.00. The molecular weight excluding hydrogens is 1350 g/mol. The van der Waals surface area contributed by atoms with Gasteiger partial charge in [-0.2, -0.15) is 0 Å². The van der Waals surface area contributed by atoms with Crippen molar-refractivity contribution in [2.45, 2.75) is 341 Å². The molecule has 0 aliphatic heterocycles. The molecule has 0 fully saturated rings. The van der Waals surface area contributed by atoms with Gasteiger partial charge in [0.15, 0.2) is 12.2 Å². The molecule has 0 aromatic carbocycles. The zero-order valence-corrected chi connectivity index (χ0v) is 66.9. The standard InChI is InChI=1S/C85H144O17P2/c1-5-9-13-17-21-25-29-33-35-37-39-41-43-47-50-54-58-62-66-70-83(88)96-76-80(101-84(89)71-67-63-59-55-51-46-32-28-24-20-16-12-8-4)77-99-103(91,92)97-73-79(86)74-98-104(93,94)100-78-81(75-95-82(87)69-65-61-57-53-49-45-31-27-23-19-15-11-7-3)102-85(90)72-68-64-60-56-52-48-44-42-40-38-36-34-30-26-22-18-14-10-6-2/h10,14,21-22,25-26,33-36,39-42,47-48,50,52,58,60,62,64,79-81,86H,5-9,11-13,15-20,23-24,27-32,37-38,43-46,49,51,53-57,59,61,63,65-78H2,1-4H3,(H,91,92)(H,93,94)/b14-10-,25-21-,26-22-,35-33-,36-34-,41-39-,42-40-,50-47-,52-48-,62-58-,64-60-/t79-,80-,81-/m1/s1. The molecule has 3 N–H and O–H groups in total. The summed E-state index contributed by atoms with van der Waals surface area (Å²) in [5, 5.41) is 10.6. The summed E-state index contributed by atoms with van der Waals surface area (Å²) in [6.07, 6.45) is 86.0. The largest absolute Gasteiger partial charge is 0.472 e. The molecule has 0 aliphatic rings. The molecule has 5 atom stereocenters. The van der Waals surface area contributed by atoms with Gasteiger partial charge in [0.1, 0.15) is 19.3 Å². The molecule has 596 valence electrons. The number of rotatable bonds is 75. The second kappa shape index (κ2) is 76.4. The van der Waals surface area contributed by atoms with E-state index in [4.69, 9.17) is 37.0 Å². The van der Waals surface area contributed by atoms with Crippen molar-refractivity contribution in [2.75, 3.05) is 39.6 Å². The number of allylic oxidation sites excluding steroid dienone is 22. The summed E-state index contributed by atoms with van der Waals surface area (Å²) in [7, 11) is -10.00. The summed E-state index contributed by atoms with van der Waals surface area (Å²) in [4.78, 5) is 72.9. The second-order valence-electron chi connectivity index (χ2n) is 26.6. The van der Waals surface area contributed by atoms with Gasteiger partial charge in [0.25, 0.3) is 0 Å². The Kier molecular flexibility index (Phi) is 72.9. The summed E-state index contributed by atoms with van der Waals surface area (Å²) in [6, 6.07) is 0. The number of phosphoric ester groups is 2. The summed E-state index contributed by atoms with van der Waals surface area (Å²) >= 11 is 0. The van der Waals surface area contributed by atoms with E-state index in [1.165, 1.54) is 122 Å². The lowest BCUT2D eigenvalue weighted by Gasteiger charge is -2.21. The minimum absolute atomic E-state index is 0.0324. The van der Waals surface area contributed by atoms with Crippen molar-refractivity contribution in [2.24, 2.45) is 0 Å². The van der Waals surface area contributed by atoms with E-state index in [0.717, 1.165) is 109 Å². The molecule has 0 saturated carbocycles. The van der Waals surface area contributed by atoms with Crippen LogP contribution in [0.3, 0.4) is 0 Å². The monoisotopic (exact) mass is 1500 g/mol. The molecule has 2 unspecified atom stereocenters. The van der Waals surface area contributed by atoms with Gasteiger partial charge in [-0.15, -0.1) is 0 Å². The van der Waals surface area contributed by atoms with Gasteiger partial charge in [0.05, 0.1) is 26.4 Å². The summed E-state index contributed by atoms with van der Waals surface area (Å²) in [6.45, 7) is 4.58. The number of aliphatic hydroxyl groups is 1. The highest BCUT2D eigenvalue weighted by atomic mass is 31.2. The van der Waals surface area contributed by atoms with Crippen LogP contribution in [0.5, 0.6) is 0 Å². The molecule has 104 heavy (non-hydrogen) atoms. The Hall–Kier alpha value is -4.80. The maximum absolute atomic E-state index is 13.1. The topological polar surface area (TPSA) is 237 Å². The van der Waals surface area contributed by atoms with Crippen LogP contribution in [-0.2, 0) is 65.4 Å². The maximum atomic E-state index is 13.1. The van der Waals surface area contributed by atoms with Gasteiger partial charge in [-0.05, 0) is 103 Å². The third-order valence-electron chi connectivity index (χ3n) is 16.7. The first-order valence-electron chi connectivity index (χ1n) is 40.4. The van der Waals surface area contributed by atoms with Crippen LogP contribution in [0.2, 0.25) is 0 Å². The molecule has 0 radical (unpaired) electrons. The highest BCUT2D eigenvalue weighted by Gasteiger charge is 2.30. The number of hydrogen-bond donors (Lipinski definition) is 3. The van der Waals surface area contributed by atoms with Crippen LogP contribution < -0.4 is 0 Å². The van der Waals surface area contributed by atoms with Crippen molar-refractivity contribution in [1.82, 2.24) is 0 Å². The number of aliphatic hydroxyl groups excluding tert-OH is 1. The molecule has 0 amide bonds. The molecule has 0 rings (SSSR count). The van der Waals surface area contributed by atoms with Crippen LogP contribution in [0.1, 0.15) is 323 Å². The van der Waals surface area contributed by atoms with Crippen molar-refractivity contribution >= 4 is 39.5 Å². The van der Waals surface area contributed by atoms with E-state index < -0.39 is 97.5 Å². The van der Waals surface area contributed by atoms with Gasteiger partial charge in [-0.3, -0.25) is 37.3 Å². The van der Waals surface area contributed by atoms with E-state index in [1.54, 1.807) is 0 Å². The van der Waals surface area contributed by atoms with E-state index in [0.29, 0.717) is 38.5 Å². The van der Waals surface area contributed by atoms with Crippen LogP contribution in [0, 0.1) is 0 Å². The molecule has 0 aliphatic carbocycles. The van der Waals surface area contributed by atoms with Crippen molar-refractivity contribution in [1.29, 1.82) is 0 Å². The fourth-order valence-electron chi connectivity index (χ4n) is 10.5. The SMILES string of the molecule is CC/C=C\C/C=C\C/C=C\C/C=C\C/C=C\C/C=C\CCC(=O)O[C@H](COC(=O)CCCCCCCCCCCCCCC)COP(=O)(O)OC[C@H](O)COP(=O)(O)OC[C@@H](COC(=O)CC/C=C\C/C=C\C/C=C\C/C=C\C/C=C\CCCCC)OC(=O)CCCCCCCCCCCCCCC. The quantitative estimate of drug-likeness (QED) is 0.0169. The van der Waals surface area contributed by atoms with Crippen LogP contribution >= 0.6 is 15.6 Å². The van der Waals surface area contributed by atoms with Crippen LogP contribution in [-0.4, -0.2) is 96.7 Å². The zero-order valence-electron chi connectivity index (χ0n) is 65.2. The first-order valence-corrected chi connectivity index (χ1v) is 43.4. The van der Waals surface area contributed by atoms with Gasteiger partial charge in [-0.25, -0.2) is 9.13 Å². The highest BCUT2D eigenvalue weighted by Crippen LogP contribution is 2.45. The summed E-state index contributed by atoms with van der Waals surface area (Å²) in [5.41, 5.74) is 0. The van der Waals surface area contributed by atoms with Crippen LogP contribution in [0.4, 0.5) is 0 Å². The molecule has 0 aromatic rings. The predicted molar refractivity (Wildman–Crippen MR) is 427 cm³/mol. The van der Waals surface area contributed by atoms with E-state index in [1.807, 2.05) is 30.4 Å². The number of ether oxygens (including phenoxy) is 4. The Labute approximate surface area is 631 Å². The van der Waals surface area contributed by atoms with Gasteiger partial charge in [0.2, 0.25) is 0 Å². The summed E-state index contributed by atoms with van der Waals surface area (Å²) < 4.78 is 68.4. The third kappa shape index (κ3) is 75.4. The Morgan fingerprint density at radius 1 is 0.279 bits per heavy atom. The van der Waals surface area contributed by atoms with E-state index in [-0.39, 0.29) is 25.7 Å². The van der Waals surface area contributed by atoms with Gasteiger partial charge >= 0.3 is 39.5 Å². The van der Waals surface area contributed by atoms with Crippen LogP contribution in [0.15, 0.2) is 134 Å². The number of carbonyl (C=O) groups excluding carboxylic acids is 4. The summed E-state index contributed by atoms with van der Waals surface area (Å²) in [5.74, 6) is -2.36. The highest BCUT2D eigenvalue weighted by molar-refractivity contribution is 7.47. The fourth-order valence-corrected chi connectivity index (χ4v) is 12.1. The Morgan fingerprint density at radius 2 is 0.519 bits per heavy atom. The predicted octanol–water partition coefficient (Wildman–Crippen LogP) is 23.7. The lowest BCUT2D eigenvalue weighted by Crippen LogP contribution is -2.30. The van der Waals surface area contributed by atoms with Crippen LogP contribution in [0.25, 0.3) is 0 Å². The van der Waals surface area contributed by atoms with E-state index in [2.05, 4.69) is 131 Å². The smallest absolute Gasteiger partial charge is 0.462 e. The Balaban J connectivity index is 5.46. The number of unbranched alkanes of at least 4 members (excludes halogenated alkanes) is 27. The first-order chi connectivity index (χ1) is 50.7. The average molecular weight is 1500 g/mol. The minimum Gasteiger partial charge on any atom is -0.462 e. The van der Waals surface area contributed by atoms with Crippen molar-refractivity contribution in [3.63, 3.8) is 0 Å². The number of carbonyl (C=O) groups is 4. The van der Waals surface area contributed by atoms with Gasteiger partial charge in [0, 0.05) is 25.7 Å². The lowest BCUT2D eigenvalue weighted by molar-refractivity contribution is -0.161. The number of phosphoric acid groups is 2. The molecule has 0 heterocycles. The number of esters is 4. The van der Waals surface area contributed by atoms with Crippen molar-refractivity contribution in [3.05, 3.63) is 134 Å². The lowest BCUT2D eigenvalue weighted by atomic mass is 10.0. The molecule has 0 saturated heterocycles. The maximum Gasteiger partial charge on any atom is 0.472 e. The average Bonchev–Trinajstić information content (AvgIpc) is 0.913. The normalized spacial score (nSPS) is 14.6. The van der Waals surface area contributed by atoms with E-state index >= 15 is 0 Å². The van der Waals surface area contributed by atoms with Gasteiger partial charge in [-0.1, -0.05) is 328 Å². The molecule has 0 aromatic heterocycles. The number of hydrogen-bond acceptors (Lipinski definition) is 15. The van der Waals surface area contributed by atoms with Gasteiger partial charge < -0.3 is 33.8 Å². The fraction of sp³-hybridized carbons (Fsp3) is 0.694. The zero-order chi connectivity index (χ0) is 76.0.